The molecular weight excluding hydrogens is 450 g/mol. The van der Waals surface area contributed by atoms with E-state index in [1.165, 1.54) is 0 Å². The number of aliphatic hydroxyl groups is 1. The van der Waals surface area contributed by atoms with Crippen LogP contribution in [0.5, 0.6) is 0 Å². The van der Waals surface area contributed by atoms with Crippen molar-refractivity contribution < 1.29 is 19.5 Å². The molecule has 7 nitrogen and oxygen atoms in total. The van der Waals surface area contributed by atoms with Crippen molar-refractivity contribution in [3.63, 3.8) is 0 Å². The second-order valence-electron chi connectivity index (χ2n) is 11.0. The minimum absolute atomic E-state index is 0.000938. The molecule has 0 radical (unpaired) electrons. The van der Waals surface area contributed by atoms with Gasteiger partial charge in [-0.1, -0.05) is 44.2 Å². The molecule has 1 aromatic rings. The van der Waals surface area contributed by atoms with Gasteiger partial charge in [0.15, 0.2) is 0 Å². The summed E-state index contributed by atoms with van der Waals surface area (Å²) in [4.78, 5) is 42.8. The predicted molar refractivity (Wildman–Crippen MR) is 133 cm³/mol. The summed E-state index contributed by atoms with van der Waals surface area (Å²) in [5.41, 5.74) is 0.543. The Morgan fingerprint density at radius 2 is 1.91 bits per heavy atom. The maximum atomic E-state index is 14.0. The van der Waals surface area contributed by atoms with E-state index < -0.39 is 34.2 Å². The van der Waals surface area contributed by atoms with E-state index >= 15 is 0 Å². The minimum Gasteiger partial charge on any atom is -0.394 e. The first kappa shape index (κ1) is 25.0. The SMILES string of the molecule is CC[C@@H](CO)N1C(=O)[C@@H]2[C@@H](C(=O)NCc3ccccc3)[C@H]3CC(C)C2(S3)C1C(=O)NC(C)(C)C. The van der Waals surface area contributed by atoms with E-state index in [0.29, 0.717) is 13.0 Å². The smallest absolute Gasteiger partial charge is 0.244 e. The summed E-state index contributed by atoms with van der Waals surface area (Å²) in [5, 5.41) is 16.2. The average Bonchev–Trinajstić information content (AvgIpc) is 3.37. The van der Waals surface area contributed by atoms with Crippen molar-refractivity contribution in [2.45, 2.75) is 81.6 Å². The molecular formula is C26H37N3O4S. The summed E-state index contributed by atoms with van der Waals surface area (Å²) in [5.74, 6) is -1.44. The molecule has 3 aliphatic rings. The van der Waals surface area contributed by atoms with Gasteiger partial charge in [-0.25, -0.2) is 0 Å². The van der Waals surface area contributed by atoms with Gasteiger partial charge >= 0.3 is 0 Å². The highest BCUT2D eigenvalue weighted by atomic mass is 32.2. The van der Waals surface area contributed by atoms with Gasteiger partial charge in [-0.15, -0.1) is 11.8 Å². The topological polar surface area (TPSA) is 98.7 Å². The Balaban J connectivity index is 1.69. The van der Waals surface area contributed by atoms with Gasteiger partial charge in [0.25, 0.3) is 0 Å². The molecule has 7 atom stereocenters. The van der Waals surface area contributed by atoms with Crippen molar-refractivity contribution in [1.82, 2.24) is 15.5 Å². The van der Waals surface area contributed by atoms with E-state index in [1.807, 2.05) is 58.0 Å². The highest BCUT2D eigenvalue weighted by Gasteiger charge is 2.76. The van der Waals surface area contributed by atoms with E-state index in [4.69, 9.17) is 0 Å². The van der Waals surface area contributed by atoms with E-state index in [1.54, 1.807) is 16.7 Å². The molecule has 186 valence electrons. The molecule has 3 amide bonds. The second kappa shape index (κ2) is 9.19. The van der Waals surface area contributed by atoms with E-state index in [2.05, 4.69) is 17.6 Å². The predicted octanol–water partition coefficient (Wildman–Crippen LogP) is 2.33. The maximum absolute atomic E-state index is 14.0. The first-order valence-electron chi connectivity index (χ1n) is 12.3. The number of fused-ring (bicyclic) bond motifs is 1. The molecule has 3 heterocycles. The number of hydrogen-bond donors (Lipinski definition) is 3. The van der Waals surface area contributed by atoms with Crippen molar-refractivity contribution in [3.05, 3.63) is 35.9 Å². The van der Waals surface area contributed by atoms with Gasteiger partial charge in [0.1, 0.15) is 6.04 Å². The number of rotatable bonds is 7. The van der Waals surface area contributed by atoms with Crippen LogP contribution in [0.25, 0.3) is 0 Å². The third kappa shape index (κ3) is 4.02. The summed E-state index contributed by atoms with van der Waals surface area (Å²) in [6.07, 6.45) is 1.33. The van der Waals surface area contributed by atoms with Crippen LogP contribution in [-0.4, -0.2) is 62.0 Å². The fourth-order valence-electron chi connectivity index (χ4n) is 6.21. The lowest BCUT2D eigenvalue weighted by Gasteiger charge is -2.41. The zero-order chi connectivity index (χ0) is 24.8. The van der Waals surface area contributed by atoms with Crippen molar-refractivity contribution in [2.24, 2.45) is 17.8 Å². The van der Waals surface area contributed by atoms with Crippen LogP contribution in [0.4, 0.5) is 0 Å². The largest absolute Gasteiger partial charge is 0.394 e. The highest BCUT2D eigenvalue weighted by molar-refractivity contribution is 8.02. The van der Waals surface area contributed by atoms with Crippen molar-refractivity contribution in [2.75, 3.05) is 6.61 Å². The molecule has 3 saturated heterocycles. The first-order valence-corrected chi connectivity index (χ1v) is 13.2. The average molecular weight is 488 g/mol. The lowest BCUT2D eigenvalue weighted by Crippen LogP contribution is -2.60. The van der Waals surface area contributed by atoms with Gasteiger partial charge in [-0.05, 0) is 45.1 Å². The summed E-state index contributed by atoms with van der Waals surface area (Å²) in [6.45, 7) is 9.98. The standard InChI is InChI=1S/C26H37N3O4S/c1-6-17(14-30)29-21(23(32)28-25(3,4)5)26-15(2)12-18(34-26)19(20(26)24(29)33)22(31)27-13-16-10-8-7-9-11-16/h7-11,15,17-21,30H,6,12-14H2,1-5H3,(H,27,31)(H,28,32)/t15?,17-,18+,19-,20-,21?,26?/m0/s1. The summed E-state index contributed by atoms with van der Waals surface area (Å²) < 4.78 is -0.672. The molecule has 0 aromatic heterocycles. The lowest BCUT2D eigenvalue weighted by atomic mass is 9.65. The van der Waals surface area contributed by atoms with Crippen molar-refractivity contribution in [1.29, 1.82) is 0 Å². The molecule has 0 aliphatic carbocycles. The first-order chi connectivity index (χ1) is 16.0. The van der Waals surface area contributed by atoms with Crippen LogP contribution in [0.3, 0.4) is 0 Å². The van der Waals surface area contributed by atoms with Gasteiger partial charge < -0.3 is 20.6 Å². The Hall–Kier alpha value is -2.06. The van der Waals surface area contributed by atoms with E-state index in [0.717, 1.165) is 12.0 Å². The van der Waals surface area contributed by atoms with Crippen LogP contribution in [-0.2, 0) is 20.9 Å². The minimum atomic E-state index is -0.710. The molecule has 3 unspecified atom stereocenters. The zero-order valence-electron chi connectivity index (χ0n) is 20.7. The van der Waals surface area contributed by atoms with Crippen molar-refractivity contribution in [3.8, 4) is 0 Å². The molecule has 34 heavy (non-hydrogen) atoms. The van der Waals surface area contributed by atoms with E-state index in [9.17, 15) is 19.5 Å². The van der Waals surface area contributed by atoms with Crippen LogP contribution in [0.2, 0.25) is 0 Å². The second-order valence-corrected chi connectivity index (χ2v) is 12.5. The van der Waals surface area contributed by atoms with Crippen LogP contribution < -0.4 is 10.6 Å². The van der Waals surface area contributed by atoms with E-state index in [-0.39, 0.29) is 35.5 Å². The number of thioether (sulfide) groups is 1. The number of hydrogen-bond acceptors (Lipinski definition) is 5. The number of likely N-dealkylation sites (tertiary alicyclic amines) is 1. The number of benzene rings is 1. The maximum Gasteiger partial charge on any atom is 0.244 e. The Labute approximate surface area is 206 Å². The molecule has 3 fully saturated rings. The van der Waals surface area contributed by atoms with Gasteiger partial charge in [0, 0.05) is 17.3 Å². The molecule has 3 N–H and O–H groups in total. The van der Waals surface area contributed by atoms with Crippen molar-refractivity contribution >= 4 is 29.5 Å². The Morgan fingerprint density at radius 1 is 1.24 bits per heavy atom. The normalized spacial score (nSPS) is 33.1. The van der Waals surface area contributed by atoms with Crippen LogP contribution in [0, 0.1) is 17.8 Å². The number of carbonyl (C=O) groups excluding carboxylic acids is 3. The summed E-state index contributed by atoms with van der Waals surface area (Å²) in [7, 11) is 0. The Morgan fingerprint density at radius 3 is 2.50 bits per heavy atom. The fourth-order valence-corrected chi connectivity index (χ4v) is 8.62. The quantitative estimate of drug-likeness (QED) is 0.548. The molecule has 1 aromatic carbocycles. The third-order valence-corrected chi connectivity index (χ3v) is 9.69. The third-order valence-electron chi connectivity index (χ3n) is 7.62. The molecule has 3 aliphatic heterocycles. The zero-order valence-corrected chi connectivity index (χ0v) is 21.5. The van der Waals surface area contributed by atoms with Gasteiger partial charge in [0.2, 0.25) is 17.7 Å². The molecule has 0 saturated carbocycles. The van der Waals surface area contributed by atoms with Crippen LogP contribution in [0.15, 0.2) is 30.3 Å². The number of nitrogens with zero attached hydrogens (tertiary/aromatic N) is 1. The number of nitrogens with one attached hydrogen (secondary N) is 2. The molecule has 1 spiro atoms. The Kier molecular flexibility index (Phi) is 6.77. The molecule has 2 bridgehead atoms. The molecule has 8 heteroatoms. The number of aliphatic hydroxyl groups excluding tert-OH is 1. The number of amides is 3. The molecule has 4 rings (SSSR count). The van der Waals surface area contributed by atoms with Gasteiger partial charge in [-0.2, -0.15) is 0 Å². The van der Waals surface area contributed by atoms with Crippen LogP contribution >= 0.6 is 11.8 Å². The lowest BCUT2D eigenvalue weighted by molar-refractivity contribution is -0.143. The highest BCUT2D eigenvalue weighted by Crippen LogP contribution is 2.68. The van der Waals surface area contributed by atoms with Gasteiger partial charge in [-0.3, -0.25) is 14.4 Å². The monoisotopic (exact) mass is 487 g/mol. The summed E-state index contributed by atoms with van der Waals surface area (Å²) in [6, 6.07) is 8.55. The Bertz CT molecular complexity index is 945. The fraction of sp³-hybridized carbons (Fsp3) is 0.654. The van der Waals surface area contributed by atoms with Crippen LogP contribution in [0.1, 0.15) is 53.0 Å². The number of carbonyl (C=O) groups is 3. The van der Waals surface area contributed by atoms with Gasteiger partial charge in [0.05, 0.1) is 29.2 Å². The summed E-state index contributed by atoms with van der Waals surface area (Å²) >= 11 is 1.66.